The van der Waals surface area contributed by atoms with Crippen LogP contribution in [0, 0.1) is 17.7 Å². The second-order valence-corrected chi connectivity index (χ2v) is 13.3. The molecule has 3 aromatic carbocycles. The van der Waals surface area contributed by atoms with Crippen molar-refractivity contribution >= 4 is 0 Å². The van der Waals surface area contributed by atoms with E-state index in [0.717, 1.165) is 35.5 Å². The normalized spacial score (nSPS) is 17.7. The molecule has 3 atom stereocenters. The largest absolute Gasteiger partial charge is 0.416 e. The van der Waals surface area contributed by atoms with Crippen molar-refractivity contribution in [1.29, 1.82) is 0 Å². The van der Waals surface area contributed by atoms with Crippen LogP contribution in [0.1, 0.15) is 103 Å². The molecule has 3 unspecified atom stereocenters. The minimum Gasteiger partial charge on any atom is -0.388 e. The summed E-state index contributed by atoms with van der Waals surface area (Å²) in [6.07, 6.45) is -8.02. The molecule has 47 heavy (non-hydrogen) atoms. The lowest BCUT2D eigenvalue weighted by Crippen LogP contribution is -2.27. The van der Waals surface area contributed by atoms with Crippen molar-refractivity contribution in [3.8, 4) is 11.1 Å². The molecular formula is C38H38F7NO. The van der Waals surface area contributed by atoms with E-state index in [1.807, 2.05) is 27.7 Å². The minimum absolute atomic E-state index is 0.0828. The molecule has 1 aliphatic rings. The van der Waals surface area contributed by atoms with Gasteiger partial charge in [-0.1, -0.05) is 64.1 Å². The maximum atomic E-state index is 14.2. The van der Waals surface area contributed by atoms with Crippen LogP contribution in [0.2, 0.25) is 0 Å². The van der Waals surface area contributed by atoms with E-state index in [1.54, 1.807) is 12.1 Å². The zero-order valence-electron chi connectivity index (χ0n) is 26.7. The zero-order valence-corrected chi connectivity index (χ0v) is 26.7. The van der Waals surface area contributed by atoms with Gasteiger partial charge < -0.3 is 5.11 Å². The van der Waals surface area contributed by atoms with Crippen LogP contribution >= 0.6 is 0 Å². The molecule has 0 aliphatic heterocycles. The number of hydrogen-bond acceptors (Lipinski definition) is 2. The zero-order chi connectivity index (χ0) is 34.3. The number of aromatic nitrogens is 1. The maximum Gasteiger partial charge on any atom is 0.416 e. The maximum absolute atomic E-state index is 14.2. The molecule has 0 radical (unpaired) electrons. The van der Waals surface area contributed by atoms with Gasteiger partial charge in [0.2, 0.25) is 0 Å². The van der Waals surface area contributed by atoms with Gasteiger partial charge in [-0.2, -0.15) is 26.3 Å². The summed E-state index contributed by atoms with van der Waals surface area (Å²) >= 11 is 0. The third-order valence-electron chi connectivity index (χ3n) is 9.03. The Morgan fingerprint density at radius 1 is 0.787 bits per heavy atom. The van der Waals surface area contributed by atoms with Gasteiger partial charge in [0.15, 0.2) is 0 Å². The third-order valence-corrected chi connectivity index (χ3v) is 9.03. The van der Waals surface area contributed by atoms with E-state index in [4.69, 9.17) is 4.98 Å². The number of hydrogen-bond donors (Lipinski definition) is 1. The van der Waals surface area contributed by atoms with Gasteiger partial charge in [-0.25, -0.2) is 4.39 Å². The molecular weight excluding hydrogens is 619 g/mol. The van der Waals surface area contributed by atoms with Crippen molar-refractivity contribution in [3.63, 3.8) is 0 Å². The topological polar surface area (TPSA) is 33.1 Å². The summed E-state index contributed by atoms with van der Waals surface area (Å²) in [5, 5.41) is 12.1. The fourth-order valence-electron chi connectivity index (χ4n) is 6.77. The van der Waals surface area contributed by atoms with Crippen LogP contribution in [0.3, 0.4) is 0 Å². The summed E-state index contributed by atoms with van der Waals surface area (Å²) in [6, 6.07) is 16.1. The molecule has 9 heteroatoms. The van der Waals surface area contributed by atoms with Crippen molar-refractivity contribution in [2.24, 2.45) is 11.8 Å². The SMILES string of the molecule is CC(C)CC(c1ccc(C(F)(F)F)cc1)c1c(C(C)C)nc2c(c1-c1ccc(F)cc1)C(O)C(Cc1ccc(C(F)(F)F)cc1)CC2. The number of aliphatic hydroxyl groups is 1. The molecule has 0 spiro atoms. The van der Waals surface area contributed by atoms with Crippen LogP contribution in [0.4, 0.5) is 30.7 Å². The van der Waals surface area contributed by atoms with Crippen LogP contribution in [0.25, 0.3) is 11.1 Å². The Labute approximate surface area is 270 Å². The number of rotatable bonds is 8. The Bertz CT molecular complexity index is 1670. The van der Waals surface area contributed by atoms with E-state index in [0.29, 0.717) is 59.2 Å². The van der Waals surface area contributed by atoms with Gasteiger partial charge in [0.1, 0.15) is 5.82 Å². The first-order valence-corrected chi connectivity index (χ1v) is 15.9. The molecule has 1 N–H and O–H groups in total. The number of benzene rings is 3. The van der Waals surface area contributed by atoms with Crippen molar-refractivity contribution in [1.82, 2.24) is 4.98 Å². The number of pyridine rings is 1. The Hall–Kier alpha value is -3.72. The standard InChI is InChI=1S/C38H38F7NO/c1-21(2)19-30(24-7-14-28(15-8-24)38(43,44)45)33-32(25-9-16-29(39)17-10-25)34-31(46-35(33)22(3)4)18-11-26(36(34)47)20-23-5-12-27(13-6-23)37(40,41)42/h5-10,12-17,21-22,26,30,36,47H,11,18-20H2,1-4H3. The Kier molecular flexibility index (Phi) is 9.88. The van der Waals surface area contributed by atoms with Crippen LogP contribution < -0.4 is 0 Å². The summed E-state index contributed by atoms with van der Waals surface area (Å²) < 4.78 is 94.3. The van der Waals surface area contributed by atoms with E-state index < -0.39 is 41.3 Å². The fraction of sp³-hybridized carbons (Fsp3) is 0.395. The van der Waals surface area contributed by atoms with E-state index >= 15 is 0 Å². The van der Waals surface area contributed by atoms with E-state index in [9.17, 15) is 35.8 Å². The molecule has 0 bridgehead atoms. The molecule has 1 aliphatic carbocycles. The van der Waals surface area contributed by atoms with Gasteiger partial charge in [-0.05, 0) is 108 Å². The summed E-state index contributed by atoms with van der Waals surface area (Å²) in [5.41, 5.74) is 4.00. The van der Waals surface area contributed by atoms with Crippen molar-refractivity contribution in [2.45, 2.75) is 83.7 Å². The second-order valence-electron chi connectivity index (χ2n) is 13.3. The molecule has 5 rings (SSSR count). The Morgan fingerprint density at radius 2 is 1.34 bits per heavy atom. The van der Waals surface area contributed by atoms with Crippen LogP contribution in [0.15, 0.2) is 72.8 Å². The van der Waals surface area contributed by atoms with Gasteiger partial charge in [0, 0.05) is 22.9 Å². The van der Waals surface area contributed by atoms with E-state index in [2.05, 4.69) is 0 Å². The molecule has 1 aromatic heterocycles. The van der Waals surface area contributed by atoms with Crippen LogP contribution in [-0.4, -0.2) is 10.1 Å². The smallest absolute Gasteiger partial charge is 0.388 e. The highest BCUT2D eigenvalue weighted by Gasteiger charge is 2.37. The van der Waals surface area contributed by atoms with Crippen molar-refractivity contribution < 1.29 is 35.8 Å². The second kappa shape index (κ2) is 13.4. The monoisotopic (exact) mass is 657 g/mol. The molecule has 0 saturated heterocycles. The van der Waals surface area contributed by atoms with Gasteiger partial charge in [0.05, 0.1) is 17.2 Å². The lowest BCUT2D eigenvalue weighted by molar-refractivity contribution is -0.138. The molecule has 1 heterocycles. The number of nitrogens with zero attached hydrogens (tertiary/aromatic N) is 1. The molecule has 2 nitrogen and oxygen atoms in total. The molecule has 0 amide bonds. The number of aryl methyl sites for hydroxylation is 1. The Morgan fingerprint density at radius 3 is 1.85 bits per heavy atom. The highest BCUT2D eigenvalue weighted by Crippen LogP contribution is 2.49. The van der Waals surface area contributed by atoms with Gasteiger partial charge in [-0.3, -0.25) is 4.98 Å². The Balaban J connectivity index is 1.70. The summed E-state index contributed by atoms with van der Waals surface area (Å²) in [7, 11) is 0. The first-order valence-electron chi connectivity index (χ1n) is 15.9. The first-order chi connectivity index (χ1) is 22.0. The molecule has 0 saturated carbocycles. The summed E-state index contributed by atoms with van der Waals surface area (Å²) in [4.78, 5) is 5.12. The van der Waals surface area contributed by atoms with Gasteiger partial charge in [-0.15, -0.1) is 0 Å². The predicted octanol–water partition coefficient (Wildman–Crippen LogP) is 11.1. The summed E-state index contributed by atoms with van der Waals surface area (Å²) in [5.74, 6) is -1.12. The highest BCUT2D eigenvalue weighted by atomic mass is 19.4. The minimum atomic E-state index is -4.49. The number of halogens is 7. The number of alkyl halides is 6. The average Bonchev–Trinajstić information content (AvgIpc) is 3.00. The molecule has 250 valence electrons. The lowest BCUT2D eigenvalue weighted by Gasteiger charge is -2.36. The summed E-state index contributed by atoms with van der Waals surface area (Å²) in [6.45, 7) is 8.06. The van der Waals surface area contributed by atoms with Gasteiger partial charge >= 0.3 is 12.4 Å². The average molecular weight is 658 g/mol. The van der Waals surface area contributed by atoms with Crippen LogP contribution in [0.5, 0.6) is 0 Å². The van der Waals surface area contributed by atoms with Crippen LogP contribution in [-0.2, 0) is 25.2 Å². The predicted molar refractivity (Wildman–Crippen MR) is 168 cm³/mol. The lowest BCUT2D eigenvalue weighted by atomic mass is 9.72. The quantitative estimate of drug-likeness (QED) is 0.191. The highest BCUT2D eigenvalue weighted by molar-refractivity contribution is 5.75. The van der Waals surface area contributed by atoms with E-state index in [-0.39, 0.29) is 17.8 Å². The van der Waals surface area contributed by atoms with Crippen molar-refractivity contribution in [3.05, 3.63) is 123 Å². The first kappa shape index (κ1) is 34.6. The third kappa shape index (κ3) is 7.56. The molecule has 4 aromatic rings. The fourth-order valence-corrected chi connectivity index (χ4v) is 6.77. The van der Waals surface area contributed by atoms with Gasteiger partial charge in [0.25, 0.3) is 0 Å². The number of fused-ring (bicyclic) bond motifs is 1. The molecule has 0 fully saturated rings. The number of aliphatic hydroxyl groups excluding tert-OH is 1. The van der Waals surface area contributed by atoms with Crippen molar-refractivity contribution in [2.75, 3.05) is 0 Å². The van der Waals surface area contributed by atoms with E-state index in [1.165, 1.54) is 36.4 Å².